The standard InChI is InChI=1S/C23H17ClF6N6O2/c24-13-3-1-11(2-4-13)17(37)5-6-32-21(38)14-7-12(9-33-19(14)23(28,29)30)16-8-15(22(25,26)27)18-20(31)34-10-35-36(16)18/h1-4,7-10,17,37H,5-6H2,(H,32,38)(H2,31,34,35)/t17-/m0/s1. The van der Waals surface area contributed by atoms with Crippen molar-refractivity contribution in [3.8, 4) is 11.3 Å². The van der Waals surface area contributed by atoms with Crippen LogP contribution in [0.15, 0.2) is 48.9 Å². The van der Waals surface area contributed by atoms with Crippen molar-refractivity contribution in [1.29, 1.82) is 0 Å². The maximum Gasteiger partial charge on any atom is 0.434 e. The molecule has 3 aromatic heterocycles. The van der Waals surface area contributed by atoms with E-state index >= 15 is 0 Å². The van der Waals surface area contributed by atoms with Gasteiger partial charge in [0.05, 0.1) is 22.9 Å². The molecule has 0 saturated carbocycles. The van der Waals surface area contributed by atoms with Crippen molar-refractivity contribution in [2.75, 3.05) is 12.3 Å². The van der Waals surface area contributed by atoms with Gasteiger partial charge >= 0.3 is 12.4 Å². The number of nitrogens with one attached hydrogen (secondary N) is 1. The summed E-state index contributed by atoms with van der Waals surface area (Å²) < 4.78 is 82.5. The van der Waals surface area contributed by atoms with Crippen molar-refractivity contribution >= 4 is 28.8 Å². The van der Waals surface area contributed by atoms with Gasteiger partial charge in [-0.05, 0) is 36.2 Å². The number of anilines is 1. The van der Waals surface area contributed by atoms with Crippen LogP contribution in [0.1, 0.15) is 39.7 Å². The van der Waals surface area contributed by atoms with E-state index in [1.165, 1.54) is 0 Å². The lowest BCUT2D eigenvalue weighted by molar-refractivity contribution is -0.141. The lowest BCUT2D eigenvalue weighted by Crippen LogP contribution is -2.28. The minimum atomic E-state index is -5.04. The van der Waals surface area contributed by atoms with E-state index in [1.807, 2.05) is 0 Å². The molecule has 0 radical (unpaired) electrons. The molecular weight excluding hydrogens is 542 g/mol. The highest BCUT2D eigenvalue weighted by molar-refractivity contribution is 6.30. The van der Waals surface area contributed by atoms with Gasteiger partial charge in [-0.1, -0.05) is 23.7 Å². The third-order valence-electron chi connectivity index (χ3n) is 5.54. The van der Waals surface area contributed by atoms with Crippen LogP contribution in [0.3, 0.4) is 0 Å². The highest BCUT2D eigenvalue weighted by atomic mass is 35.5. The van der Waals surface area contributed by atoms with Crippen molar-refractivity contribution in [2.24, 2.45) is 0 Å². The second kappa shape index (κ2) is 10.1. The first-order chi connectivity index (χ1) is 17.8. The molecule has 0 aliphatic rings. The van der Waals surface area contributed by atoms with Gasteiger partial charge in [0, 0.05) is 23.3 Å². The summed E-state index contributed by atoms with van der Waals surface area (Å²) in [4.78, 5) is 19.6. The summed E-state index contributed by atoms with van der Waals surface area (Å²) in [6.45, 7) is -0.222. The number of aliphatic hydroxyl groups is 1. The van der Waals surface area contributed by atoms with Crippen LogP contribution in [0.25, 0.3) is 16.8 Å². The molecule has 0 aliphatic carbocycles. The molecule has 38 heavy (non-hydrogen) atoms. The number of halogens is 7. The Balaban J connectivity index is 1.67. The van der Waals surface area contributed by atoms with Crippen molar-refractivity contribution in [3.63, 3.8) is 0 Å². The highest BCUT2D eigenvalue weighted by Crippen LogP contribution is 2.39. The number of nitrogens with two attached hydrogens (primary N) is 1. The van der Waals surface area contributed by atoms with Crippen molar-refractivity contribution in [1.82, 2.24) is 24.9 Å². The topological polar surface area (TPSA) is 118 Å². The number of benzene rings is 1. The molecule has 0 aliphatic heterocycles. The first kappa shape index (κ1) is 27.1. The molecule has 3 heterocycles. The molecular formula is C23H17ClF6N6O2. The molecule has 1 aromatic carbocycles. The molecule has 4 rings (SSSR count). The smallest absolute Gasteiger partial charge is 0.388 e. The maximum atomic E-state index is 13.6. The molecule has 0 spiro atoms. The van der Waals surface area contributed by atoms with Crippen LogP contribution < -0.4 is 11.1 Å². The Bertz CT molecular complexity index is 1490. The zero-order chi connectivity index (χ0) is 27.8. The van der Waals surface area contributed by atoms with E-state index < -0.39 is 52.5 Å². The Kier molecular flexibility index (Phi) is 7.21. The van der Waals surface area contributed by atoms with E-state index in [9.17, 15) is 36.2 Å². The quantitative estimate of drug-likeness (QED) is 0.289. The lowest BCUT2D eigenvalue weighted by Gasteiger charge is -2.15. The first-order valence-corrected chi connectivity index (χ1v) is 11.1. The molecule has 0 bridgehead atoms. The highest BCUT2D eigenvalue weighted by Gasteiger charge is 2.39. The molecule has 4 aromatic rings. The summed E-state index contributed by atoms with van der Waals surface area (Å²) in [5, 5.41) is 16.7. The van der Waals surface area contributed by atoms with Gasteiger partial charge in [-0.2, -0.15) is 31.4 Å². The summed E-state index contributed by atoms with van der Waals surface area (Å²) >= 11 is 5.80. The van der Waals surface area contributed by atoms with Crippen LogP contribution in [0.4, 0.5) is 32.2 Å². The molecule has 1 atom stereocenters. The fraction of sp³-hybridized carbons (Fsp3) is 0.217. The van der Waals surface area contributed by atoms with Crippen LogP contribution in [-0.4, -0.2) is 37.1 Å². The third-order valence-corrected chi connectivity index (χ3v) is 5.79. The third kappa shape index (κ3) is 5.50. The zero-order valence-electron chi connectivity index (χ0n) is 19.0. The summed E-state index contributed by atoms with van der Waals surface area (Å²) in [7, 11) is 0. The predicted octanol–water partition coefficient (Wildman–Crippen LogP) is 4.92. The summed E-state index contributed by atoms with van der Waals surface area (Å²) in [5.74, 6) is -1.70. The Morgan fingerprint density at radius 3 is 2.39 bits per heavy atom. The number of carbonyl (C=O) groups is 1. The number of alkyl halides is 6. The molecule has 0 fully saturated rings. The van der Waals surface area contributed by atoms with Crippen LogP contribution >= 0.6 is 11.6 Å². The minimum Gasteiger partial charge on any atom is -0.388 e. The van der Waals surface area contributed by atoms with E-state index in [1.54, 1.807) is 24.3 Å². The van der Waals surface area contributed by atoms with E-state index in [0.29, 0.717) is 22.8 Å². The van der Waals surface area contributed by atoms with E-state index in [0.717, 1.165) is 16.9 Å². The number of aromatic nitrogens is 4. The number of nitrogens with zero attached hydrogens (tertiary/aromatic N) is 4. The summed E-state index contributed by atoms with van der Waals surface area (Å²) in [5.41, 5.74) is 1.23. The molecule has 15 heteroatoms. The van der Waals surface area contributed by atoms with Crippen molar-refractivity contribution in [3.05, 3.63) is 76.3 Å². The van der Waals surface area contributed by atoms with Gasteiger partial charge in [0.1, 0.15) is 11.8 Å². The largest absolute Gasteiger partial charge is 0.434 e. The number of carbonyl (C=O) groups excluding carboxylic acids is 1. The molecule has 0 unspecified atom stereocenters. The molecule has 4 N–H and O–H groups in total. The van der Waals surface area contributed by atoms with Crippen molar-refractivity contribution < 1.29 is 36.2 Å². The van der Waals surface area contributed by atoms with Crippen LogP contribution in [0.5, 0.6) is 0 Å². The second-order valence-corrected chi connectivity index (χ2v) is 8.51. The number of pyridine rings is 1. The van der Waals surface area contributed by atoms with Gasteiger partial charge in [0.15, 0.2) is 11.5 Å². The second-order valence-electron chi connectivity index (χ2n) is 8.08. The minimum absolute atomic E-state index is 0.0453. The number of fused-ring (bicyclic) bond motifs is 1. The molecule has 200 valence electrons. The van der Waals surface area contributed by atoms with Crippen LogP contribution in [0, 0.1) is 0 Å². The average Bonchev–Trinajstić information content (AvgIpc) is 3.25. The average molecular weight is 559 g/mol. The van der Waals surface area contributed by atoms with Gasteiger partial charge in [-0.15, -0.1) is 0 Å². The Morgan fingerprint density at radius 2 is 1.76 bits per heavy atom. The van der Waals surface area contributed by atoms with Crippen LogP contribution in [-0.2, 0) is 12.4 Å². The van der Waals surface area contributed by atoms with Gasteiger partial charge in [0.25, 0.3) is 5.91 Å². The summed E-state index contributed by atoms with van der Waals surface area (Å²) in [6.07, 6.45) is -9.45. The van der Waals surface area contributed by atoms with E-state index in [-0.39, 0.29) is 24.2 Å². The number of nitrogen functional groups attached to an aromatic ring is 1. The Morgan fingerprint density at radius 1 is 1.08 bits per heavy atom. The molecule has 8 nitrogen and oxygen atoms in total. The zero-order valence-corrected chi connectivity index (χ0v) is 19.7. The molecule has 1 amide bonds. The predicted molar refractivity (Wildman–Crippen MR) is 124 cm³/mol. The SMILES string of the molecule is Nc1ncnn2c(-c3cnc(C(F)(F)F)c(C(=O)NCC[C@H](O)c4ccc(Cl)cc4)c3)cc(C(F)(F)F)c12. The number of amides is 1. The van der Waals surface area contributed by atoms with E-state index in [2.05, 4.69) is 20.4 Å². The lowest BCUT2D eigenvalue weighted by atomic mass is 10.1. The summed E-state index contributed by atoms with van der Waals surface area (Å²) in [6, 6.07) is 7.59. The number of rotatable bonds is 6. The van der Waals surface area contributed by atoms with Crippen LogP contribution in [0.2, 0.25) is 5.02 Å². The van der Waals surface area contributed by atoms with Crippen molar-refractivity contribution in [2.45, 2.75) is 24.9 Å². The monoisotopic (exact) mass is 558 g/mol. The fourth-order valence-electron chi connectivity index (χ4n) is 3.76. The fourth-order valence-corrected chi connectivity index (χ4v) is 3.89. The molecule has 0 saturated heterocycles. The first-order valence-electron chi connectivity index (χ1n) is 10.8. The maximum absolute atomic E-state index is 13.6. The van der Waals surface area contributed by atoms with Gasteiger partial charge in [-0.25, -0.2) is 9.50 Å². The van der Waals surface area contributed by atoms with Gasteiger partial charge in [-0.3, -0.25) is 9.78 Å². The number of hydrogen-bond donors (Lipinski definition) is 3. The normalized spacial score (nSPS) is 13.1. The van der Waals surface area contributed by atoms with E-state index in [4.69, 9.17) is 17.3 Å². The number of aliphatic hydroxyl groups excluding tert-OH is 1. The number of hydrogen-bond acceptors (Lipinski definition) is 6. The van der Waals surface area contributed by atoms with Gasteiger partial charge in [0.2, 0.25) is 0 Å². The Labute approximate surface area is 215 Å². The van der Waals surface area contributed by atoms with Gasteiger partial charge < -0.3 is 16.2 Å². The Hall–Kier alpha value is -3.91.